The summed E-state index contributed by atoms with van der Waals surface area (Å²) in [6, 6.07) is 6.40. The van der Waals surface area contributed by atoms with E-state index < -0.39 is 0 Å². The van der Waals surface area contributed by atoms with Gasteiger partial charge in [0.1, 0.15) is 5.82 Å². The monoisotopic (exact) mass is 194 g/mol. The van der Waals surface area contributed by atoms with E-state index in [1.807, 2.05) is 12.3 Å². The number of hydrogen-bond acceptors (Lipinski definition) is 3. The van der Waals surface area contributed by atoms with E-state index in [4.69, 9.17) is 0 Å². The van der Waals surface area contributed by atoms with Crippen molar-refractivity contribution in [1.29, 1.82) is 0 Å². The van der Waals surface area contributed by atoms with Gasteiger partial charge in [-0.15, -0.1) is 0 Å². The molecule has 0 unspecified atom stereocenters. The Hall–Kier alpha value is -1.29. The molecule has 0 fully saturated rings. The normalized spacial score (nSPS) is 15.0. The SMILES string of the molecule is Fc1cccc(N2C=CC=NS2)c1. The van der Waals surface area contributed by atoms with Crippen LogP contribution >= 0.6 is 12.1 Å². The standard InChI is InChI=1S/C9H7FN2S/c10-8-3-1-4-9(7-8)12-6-2-5-11-13-12/h1-7H. The minimum atomic E-state index is -0.235. The molecule has 1 aromatic rings. The van der Waals surface area contributed by atoms with Crippen LogP contribution in [0.3, 0.4) is 0 Å². The Labute approximate surface area is 80.0 Å². The summed E-state index contributed by atoms with van der Waals surface area (Å²) in [6.07, 6.45) is 5.34. The van der Waals surface area contributed by atoms with Crippen molar-refractivity contribution >= 4 is 24.0 Å². The lowest BCUT2D eigenvalue weighted by atomic mass is 10.3. The molecule has 0 spiro atoms. The van der Waals surface area contributed by atoms with Gasteiger partial charge in [0.15, 0.2) is 0 Å². The topological polar surface area (TPSA) is 15.6 Å². The Morgan fingerprint density at radius 2 is 2.31 bits per heavy atom. The zero-order valence-corrected chi connectivity index (χ0v) is 7.54. The first kappa shape index (κ1) is 8.31. The van der Waals surface area contributed by atoms with Crippen molar-refractivity contribution in [3.05, 3.63) is 42.4 Å². The molecule has 0 aliphatic carbocycles. The van der Waals surface area contributed by atoms with Crippen LogP contribution in [0.5, 0.6) is 0 Å². The van der Waals surface area contributed by atoms with Crippen LogP contribution in [-0.2, 0) is 0 Å². The molecule has 1 aliphatic heterocycles. The molecule has 1 aliphatic rings. The summed E-state index contributed by atoms with van der Waals surface area (Å²) in [6.45, 7) is 0. The molecular formula is C9H7FN2S. The number of halogens is 1. The van der Waals surface area contributed by atoms with Crippen LogP contribution in [-0.4, -0.2) is 6.21 Å². The number of rotatable bonds is 1. The lowest BCUT2D eigenvalue weighted by molar-refractivity contribution is 0.628. The molecule has 0 aromatic heterocycles. The summed E-state index contributed by atoms with van der Waals surface area (Å²) >= 11 is 1.27. The maximum atomic E-state index is 12.8. The highest BCUT2D eigenvalue weighted by atomic mass is 32.2. The maximum Gasteiger partial charge on any atom is 0.125 e. The Morgan fingerprint density at radius 1 is 1.38 bits per heavy atom. The first-order chi connectivity index (χ1) is 6.36. The van der Waals surface area contributed by atoms with E-state index in [0.29, 0.717) is 0 Å². The Bertz CT molecular complexity index is 362. The molecule has 13 heavy (non-hydrogen) atoms. The molecular weight excluding hydrogens is 187 g/mol. The molecule has 0 saturated heterocycles. The number of nitrogens with zero attached hydrogens (tertiary/aromatic N) is 2. The van der Waals surface area contributed by atoms with E-state index in [9.17, 15) is 4.39 Å². The largest absolute Gasteiger partial charge is 0.273 e. The molecule has 0 atom stereocenters. The van der Waals surface area contributed by atoms with Gasteiger partial charge in [-0.2, -0.15) is 0 Å². The van der Waals surface area contributed by atoms with Crippen molar-refractivity contribution in [2.45, 2.75) is 0 Å². The second-order valence-electron chi connectivity index (χ2n) is 2.48. The van der Waals surface area contributed by atoms with Gasteiger partial charge in [-0.25, -0.2) is 8.79 Å². The quantitative estimate of drug-likeness (QED) is 0.639. The minimum Gasteiger partial charge on any atom is -0.273 e. The van der Waals surface area contributed by atoms with Crippen molar-refractivity contribution in [3.8, 4) is 0 Å². The molecule has 0 radical (unpaired) electrons. The summed E-state index contributed by atoms with van der Waals surface area (Å²) in [5.74, 6) is -0.235. The van der Waals surface area contributed by atoms with Gasteiger partial charge in [-0.1, -0.05) is 6.07 Å². The number of anilines is 1. The first-order valence-corrected chi connectivity index (χ1v) is 4.51. The summed E-state index contributed by atoms with van der Waals surface area (Å²) in [7, 11) is 0. The highest BCUT2D eigenvalue weighted by Crippen LogP contribution is 2.25. The van der Waals surface area contributed by atoms with Gasteiger partial charge in [0, 0.05) is 12.4 Å². The predicted molar refractivity (Wildman–Crippen MR) is 54.1 cm³/mol. The molecule has 1 heterocycles. The van der Waals surface area contributed by atoms with Crippen LogP contribution in [0.4, 0.5) is 10.1 Å². The van der Waals surface area contributed by atoms with E-state index in [-0.39, 0.29) is 5.82 Å². The van der Waals surface area contributed by atoms with Gasteiger partial charge in [0.2, 0.25) is 0 Å². The molecule has 0 bridgehead atoms. The molecule has 2 nitrogen and oxygen atoms in total. The predicted octanol–water partition coefficient (Wildman–Crippen LogP) is 2.79. The average Bonchev–Trinajstić information content (AvgIpc) is 2.19. The second kappa shape index (κ2) is 3.62. The van der Waals surface area contributed by atoms with Crippen molar-refractivity contribution in [2.24, 2.45) is 4.40 Å². The van der Waals surface area contributed by atoms with Gasteiger partial charge in [-0.05, 0) is 24.3 Å². The maximum absolute atomic E-state index is 12.8. The molecule has 66 valence electrons. The smallest absolute Gasteiger partial charge is 0.125 e. The van der Waals surface area contributed by atoms with Crippen LogP contribution in [0.15, 0.2) is 40.9 Å². The number of benzene rings is 1. The van der Waals surface area contributed by atoms with Crippen LogP contribution < -0.4 is 4.31 Å². The zero-order valence-electron chi connectivity index (χ0n) is 6.72. The van der Waals surface area contributed by atoms with Gasteiger partial charge in [0.25, 0.3) is 0 Å². The van der Waals surface area contributed by atoms with E-state index in [1.54, 1.807) is 22.7 Å². The molecule has 0 N–H and O–H groups in total. The van der Waals surface area contributed by atoms with E-state index >= 15 is 0 Å². The lowest BCUT2D eigenvalue weighted by Crippen LogP contribution is -2.06. The summed E-state index contributed by atoms with van der Waals surface area (Å²) < 4.78 is 18.6. The van der Waals surface area contributed by atoms with Gasteiger partial charge >= 0.3 is 0 Å². The lowest BCUT2D eigenvalue weighted by Gasteiger charge is -2.17. The number of allylic oxidation sites excluding steroid dienone is 1. The minimum absolute atomic E-state index is 0.235. The van der Waals surface area contributed by atoms with Gasteiger partial charge < -0.3 is 0 Å². The average molecular weight is 194 g/mol. The van der Waals surface area contributed by atoms with E-state index in [2.05, 4.69) is 4.40 Å². The molecule has 2 rings (SSSR count). The zero-order chi connectivity index (χ0) is 9.10. The summed E-state index contributed by atoms with van der Waals surface area (Å²) in [5.41, 5.74) is 0.790. The summed E-state index contributed by atoms with van der Waals surface area (Å²) in [4.78, 5) is 0. The number of hydrogen-bond donors (Lipinski definition) is 0. The van der Waals surface area contributed by atoms with Crippen LogP contribution in [0.25, 0.3) is 0 Å². The third-order valence-corrected chi connectivity index (χ3v) is 2.29. The van der Waals surface area contributed by atoms with Crippen LogP contribution in [0, 0.1) is 5.82 Å². The van der Waals surface area contributed by atoms with Crippen molar-refractivity contribution in [1.82, 2.24) is 0 Å². The Kier molecular flexibility index (Phi) is 2.31. The third kappa shape index (κ3) is 1.89. The molecule has 0 saturated carbocycles. The highest BCUT2D eigenvalue weighted by molar-refractivity contribution is 7.99. The van der Waals surface area contributed by atoms with Crippen LogP contribution in [0.1, 0.15) is 0 Å². The fourth-order valence-electron chi connectivity index (χ4n) is 1.00. The van der Waals surface area contributed by atoms with Crippen molar-refractivity contribution in [3.63, 3.8) is 0 Å². The molecule has 1 aromatic carbocycles. The van der Waals surface area contributed by atoms with Gasteiger partial charge in [0.05, 0.1) is 17.8 Å². The fourth-order valence-corrected chi connectivity index (χ4v) is 1.56. The first-order valence-electron chi connectivity index (χ1n) is 3.78. The fraction of sp³-hybridized carbons (Fsp3) is 0. The molecule has 4 heteroatoms. The van der Waals surface area contributed by atoms with E-state index in [0.717, 1.165) is 5.69 Å². The van der Waals surface area contributed by atoms with Crippen molar-refractivity contribution < 1.29 is 4.39 Å². The van der Waals surface area contributed by atoms with Crippen LogP contribution in [0.2, 0.25) is 0 Å². The Morgan fingerprint density at radius 3 is 3.00 bits per heavy atom. The Balaban J connectivity index is 2.25. The second-order valence-corrected chi connectivity index (χ2v) is 3.25. The van der Waals surface area contributed by atoms with Gasteiger partial charge in [-0.3, -0.25) is 4.31 Å². The molecule has 0 amide bonds. The van der Waals surface area contributed by atoms with E-state index in [1.165, 1.54) is 24.3 Å². The van der Waals surface area contributed by atoms with Crippen molar-refractivity contribution in [2.75, 3.05) is 4.31 Å². The summed E-state index contributed by atoms with van der Waals surface area (Å²) in [5, 5.41) is 0. The third-order valence-electron chi connectivity index (χ3n) is 1.57. The highest BCUT2D eigenvalue weighted by Gasteiger charge is 2.05.